The Morgan fingerprint density at radius 1 is 1.14 bits per heavy atom. The number of hydrogen-bond acceptors (Lipinski definition) is 4. The van der Waals surface area contributed by atoms with Crippen molar-refractivity contribution < 1.29 is 9.59 Å². The first kappa shape index (κ1) is 14.5. The molecule has 0 saturated carbocycles. The molecule has 1 aromatic carbocycles. The van der Waals surface area contributed by atoms with E-state index >= 15 is 0 Å². The van der Waals surface area contributed by atoms with Crippen LogP contribution in [0.2, 0.25) is 0 Å². The Morgan fingerprint density at radius 3 is 2.57 bits per heavy atom. The fourth-order valence-corrected chi connectivity index (χ4v) is 1.77. The molecule has 2 rings (SSSR count). The Kier molecular flexibility index (Phi) is 4.18. The largest absolute Gasteiger partial charge is 0.397 e. The highest BCUT2D eigenvalue weighted by molar-refractivity contribution is 6.04. The van der Waals surface area contributed by atoms with Crippen molar-refractivity contribution >= 4 is 29.0 Å². The molecule has 1 aromatic heterocycles. The molecule has 0 unspecified atom stereocenters. The van der Waals surface area contributed by atoms with Crippen LogP contribution in [-0.2, 0) is 4.79 Å². The van der Waals surface area contributed by atoms with Crippen LogP contribution < -0.4 is 16.4 Å². The first-order chi connectivity index (χ1) is 9.95. The molecular weight excluding hydrogens is 268 g/mol. The maximum absolute atomic E-state index is 12.2. The Hall–Kier alpha value is -2.89. The molecule has 0 bridgehead atoms. The topological polar surface area (TPSA) is 97.1 Å². The molecule has 108 valence electrons. The minimum Gasteiger partial charge on any atom is -0.397 e. The highest BCUT2D eigenvalue weighted by Gasteiger charge is 2.08. The zero-order chi connectivity index (χ0) is 15.4. The van der Waals surface area contributed by atoms with Gasteiger partial charge in [0.2, 0.25) is 5.91 Å². The standard InChI is InChI=1S/C15H16N4O2/c1-9-13(16)6-7-14(17-9)19-15(21)11-4-3-5-12(8-11)18-10(2)20/h3-8H,16H2,1-2H3,(H,18,20)(H,17,19,21). The van der Waals surface area contributed by atoms with Crippen LogP contribution in [0.4, 0.5) is 17.2 Å². The van der Waals surface area contributed by atoms with Crippen molar-refractivity contribution in [2.24, 2.45) is 0 Å². The molecule has 2 aromatic rings. The molecule has 0 spiro atoms. The number of carbonyl (C=O) groups is 2. The Bertz CT molecular complexity index is 698. The molecule has 6 nitrogen and oxygen atoms in total. The first-order valence-corrected chi connectivity index (χ1v) is 6.38. The number of carbonyl (C=O) groups excluding carboxylic acids is 2. The lowest BCUT2D eigenvalue weighted by Gasteiger charge is -2.08. The van der Waals surface area contributed by atoms with Gasteiger partial charge in [0.25, 0.3) is 5.91 Å². The summed E-state index contributed by atoms with van der Waals surface area (Å²) < 4.78 is 0. The van der Waals surface area contributed by atoms with E-state index in [2.05, 4.69) is 15.6 Å². The van der Waals surface area contributed by atoms with Crippen LogP contribution >= 0.6 is 0 Å². The summed E-state index contributed by atoms with van der Waals surface area (Å²) in [5, 5.41) is 5.32. The summed E-state index contributed by atoms with van der Waals surface area (Å²) in [5.41, 5.74) is 7.90. The summed E-state index contributed by atoms with van der Waals surface area (Å²) in [7, 11) is 0. The molecule has 0 saturated heterocycles. The van der Waals surface area contributed by atoms with Crippen molar-refractivity contribution in [1.82, 2.24) is 4.98 Å². The van der Waals surface area contributed by atoms with Gasteiger partial charge in [-0.3, -0.25) is 9.59 Å². The van der Waals surface area contributed by atoms with Crippen LogP contribution in [0.3, 0.4) is 0 Å². The van der Waals surface area contributed by atoms with Crippen molar-refractivity contribution in [2.45, 2.75) is 13.8 Å². The monoisotopic (exact) mass is 284 g/mol. The van der Waals surface area contributed by atoms with E-state index < -0.39 is 0 Å². The fourth-order valence-electron chi connectivity index (χ4n) is 1.77. The Labute approximate surface area is 122 Å². The lowest BCUT2D eigenvalue weighted by molar-refractivity contribution is -0.114. The van der Waals surface area contributed by atoms with E-state index in [1.807, 2.05) is 0 Å². The number of rotatable bonds is 3. The Balaban J connectivity index is 2.16. The van der Waals surface area contributed by atoms with Crippen molar-refractivity contribution in [3.8, 4) is 0 Å². The van der Waals surface area contributed by atoms with Gasteiger partial charge in [-0.25, -0.2) is 4.98 Å². The number of nitrogens with two attached hydrogens (primary N) is 1. The quantitative estimate of drug-likeness (QED) is 0.804. The van der Waals surface area contributed by atoms with Crippen LogP contribution in [0.25, 0.3) is 0 Å². The van der Waals surface area contributed by atoms with Gasteiger partial charge in [0.05, 0.1) is 11.4 Å². The van der Waals surface area contributed by atoms with Gasteiger partial charge in [-0.15, -0.1) is 0 Å². The molecule has 2 amide bonds. The molecule has 4 N–H and O–H groups in total. The van der Waals surface area contributed by atoms with E-state index in [1.54, 1.807) is 43.3 Å². The molecule has 0 aliphatic heterocycles. The number of aryl methyl sites for hydroxylation is 1. The lowest BCUT2D eigenvalue weighted by atomic mass is 10.2. The average Bonchev–Trinajstić information content (AvgIpc) is 2.42. The average molecular weight is 284 g/mol. The van der Waals surface area contributed by atoms with Gasteiger partial charge >= 0.3 is 0 Å². The second-order valence-corrected chi connectivity index (χ2v) is 4.59. The van der Waals surface area contributed by atoms with Crippen LogP contribution in [0.15, 0.2) is 36.4 Å². The van der Waals surface area contributed by atoms with Gasteiger partial charge < -0.3 is 16.4 Å². The van der Waals surface area contributed by atoms with Crippen LogP contribution in [0.1, 0.15) is 23.0 Å². The van der Waals surface area contributed by atoms with Crippen LogP contribution in [0.5, 0.6) is 0 Å². The van der Waals surface area contributed by atoms with Gasteiger partial charge in [-0.05, 0) is 37.3 Å². The number of aromatic nitrogens is 1. The summed E-state index contributed by atoms with van der Waals surface area (Å²) in [5.74, 6) is -0.0705. The van der Waals surface area contributed by atoms with Crippen LogP contribution in [-0.4, -0.2) is 16.8 Å². The van der Waals surface area contributed by atoms with Crippen molar-refractivity contribution in [3.05, 3.63) is 47.7 Å². The number of nitrogen functional groups attached to an aromatic ring is 1. The molecule has 0 aliphatic carbocycles. The van der Waals surface area contributed by atoms with Crippen molar-refractivity contribution in [3.63, 3.8) is 0 Å². The Morgan fingerprint density at radius 2 is 1.90 bits per heavy atom. The third kappa shape index (κ3) is 3.79. The number of nitrogens with zero attached hydrogens (tertiary/aromatic N) is 1. The van der Waals surface area contributed by atoms with Gasteiger partial charge in [0, 0.05) is 18.2 Å². The van der Waals surface area contributed by atoms with E-state index in [0.29, 0.717) is 28.5 Å². The first-order valence-electron chi connectivity index (χ1n) is 6.38. The van der Waals surface area contributed by atoms with Gasteiger partial charge in [-0.1, -0.05) is 6.07 Å². The minimum atomic E-state index is -0.307. The second kappa shape index (κ2) is 6.04. The highest BCUT2D eigenvalue weighted by Crippen LogP contribution is 2.15. The molecule has 6 heteroatoms. The zero-order valence-corrected chi connectivity index (χ0v) is 11.8. The van der Waals surface area contributed by atoms with E-state index in [4.69, 9.17) is 5.73 Å². The molecular formula is C15H16N4O2. The smallest absolute Gasteiger partial charge is 0.256 e. The molecule has 1 heterocycles. The van der Waals surface area contributed by atoms with E-state index in [0.717, 1.165) is 0 Å². The summed E-state index contributed by atoms with van der Waals surface area (Å²) >= 11 is 0. The lowest BCUT2D eigenvalue weighted by Crippen LogP contribution is -2.14. The number of amides is 2. The summed E-state index contributed by atoms with van der Waals surface area (Å²) in [6.07, 6.45) is 0. The van der Waals surface area contributed by atoms with Crippen LogP contribution in [0, 0.1) is 6.92 Å². The fraction of sp³-hybridized carbons (Fsp3) is 0.133. The van der Waals surface area contributed by atoms with Crippen molar-refractivity contribution in [2.75, 3.05) is 16.4 Å². The third-order valence-electron chi connectivity index (χ3n) is 2.81. The number of benzene rings is 1. The number of hydrogen-bond donors (Lipinski definition) is 3. The van der Waals surface area contributed by atoms with Gasteiger partial charge in [0.1, 0.15) is 5.82 Å². The number of anilines is 3. The molecule has 0 aliphatic rings. The second-order valence-electron chi connectivity index (χ2n) is 4.59. The summed E-state index contributed by atoms with van der Waals surface area (Å²) in [6, 6.07) is 9.99. The molecule has 21 heavy (non-hydrogen) atoms. The maximum atomic E-state index is 12.2. The summed E-state index contributed by atoms with van der Waals surface area (Å²) in [6.45, 7) is 3.18. The predicted octanol–water partition coefficient (Wildman–Crippen LogP) is 2.18. The van der Waals surface area contributed by atoms with E-state index in [-0.39, 0.29) is 11.8 Å². The predicted molar refractivity (Wildman–Crippen MR) is 82.1 cm³/mol. The number of nitrogens with one attached hydrogen (secondary N) is 2. The number of pyridine rings is 1. The normalized spacial score (nSPS) is 10.0. The van der Waals surface area contributed by atoms with Gasteiger partial charge in [-0.2, -0.15) is 0 Å². The maximum Gasteiger partial charge on any atom is 0.256 e. The van der Waals surface area contributed by atoms with E-state index in [1.165, 1.54) is 6.92 Å². The highest BCUT2D eigenvalue weighted by atomic mass is 16.2. The van der Waals surface area contributed by atoms with Gasteiger partial charge in [0.15, 0.2) is 0 Å². The molecule has 0 radical (unpaired) electrons. The SMILES string of the molecule is CC(=O)Nc1cccc(C(=O)Nc2ccc(N)c(C)n2)c1. The third-order valence-corrected chi connectivity index (χ3v) is 2.81. The summed E-state index contributed by atoms with van der Waals surface area (Å²) in [4.78, 5) is 27.4. The molecule has 0 fully saturated rings. The minimum absolute atomic E-state index is 0.191. The molecule has 0 atom stereocenters. The van der Waals surface area contributed by atoms with Crippen molar-refractivity contribution in [1.29, 1.82) is 0 Å². The zero-order valence-electron chi connectivity index (χ0n) is 11.8. The van der Waals surface area contributed by atoms with E-state index in [9.17, 15) is 9.59 Å².